The predicted octanol–water partition coefficient (Wildman–Crippen LogP) is 3.13. The molecule has 0 heterocycles. The number of nitrogens with two attached hydrogens (primary N) is 1. The van der Waals surface area contributed by atoms with Crippen LogP contribution in [-0.2, 0) is 6.54 Å². The highest BCUT2D eigenvalue weighted by Crippen LogP contribution is 2.19. The van der Waals surface area contributed by atoms with Crippen LogP contribution in [0.25, 0.3) is 0 Å². The number of nitrogens with one attached hydrogen (secondary N) is 1. The number of halogens is 3. The van der Waals surface area contributed by atoms with Gasteiger partial charge in [0.05, 0.1) is 10.6 Å². The van der Waals surface area contributed by atoms with Crippen LogP contribution in [0.15, 0.2) is 36.4 Å². The number of carbonyl (C=O) groups is 1. The van der Waals surface area contributed by atoms with Gasteiger partial charge in [0, 0.05) is 12.2 Å². The molecule has 0 atom stereocenters. The average molecular weight is 297 g/mol. The third-order valence-corrected chi connectivity index (χ3v) is 3.04. The summed E-state index contributed by atoms with van der Waals surface area (Å²) in [5, 5.41) is 2.11. The lowest BCUT2D eigenvalue weighted by Crippen LogP contribution is -2.24. The number of rotatable bonds is 3. The van der Waals surface area contributed by atoms with Gasteiger partial charge >= 0.3 is 0 Å². The minimum Gasteiger partial charge on any atom is -0.398 e. The van der Waals surface area contributed by atoms with E-state index in [9.17, 15) is 13.6 Å². The van der Waals surface area contributed by atoms with Gasteiger partial charge in [0.15, 0.2) is 0 Å². The lowest BCUT2D eigenvalue weighted by molar-refractivity contribution is 0.0946. The van der Waals surface area contributed by atoms with Gasteiger partial charge < -0.3 is 11.1 Å². The molecule has 6 heteroatoms. The summed E-state index contributed by atoms with van der Waals surface area (Å²) in [6.45, 7) is 0.120. The van der Waals surface area contributed by atoms with Crippen molar-refractivity contribution < 1.29 is 13.6 Å². The molecule has 0 aliphatic heterocycles. The fraction of sp³-hybridized carbons (Fsp3) is 0.0714. The molecule has 0 spiro atoms. The smallest absolute Gasteiger partial charge is 0.254 e. The molecule has 2 rings (SSSR count). The Labute approximate surface area is 119 Å². The van der Waals surface area contributed by atoms with Gasteiger partial charge in [0.2, 0.25) is 0 Å². The van der Waals surface area contributed by atoms with Crippen LogP contribution in [0.3, 0.4) is 0 Å². The fourth-order valence-electron chi connectivity index (χ4n) is 1.66. The first-order valence-electron chi connectivity index (χ1n) is 5.75. The summed E-state index contributed by atoms with van der Waals surface area (Å²) in [5.74, 6) is -2.46. The summed E-state index contributed by atoms with van der Waals surface area (Å²) in [4.78, 5) is 11.8. The third-order valence-electron chi connectivity index (χ3n) is 2.75. The average Bonchev–Trinajstić information content (AvgIpc) is 2.41. The largest absolute Gasteiger partial charge is 0.398 e. The molecule has 2 aromatic rings. The molecule has 20 heavy (non-hydrogen) atoms. The van der Waals surface area contributed by atoms with Crippen molar-refractivity contribution in [3.63, 3.8) is 0 Å². The van der Waals surface area contributed by atoms with Crippen LogP contribution in [0, 0.1) is 11.6 Å². The van der Waals surface area contributed by atoms with Crippen LogP contribution in [0.4, 0.5) is 14.5 Å². The Morgan fingerprint density at radius 2 is 1.90 bits per heavy atom. The van der Waals surface area contributed by atoms with E-state index in [0.717, 1.165) is 12.1 Å². The number of hydrogen-bond donors (Lipinski definition) is 2. The predicted molar refractivity (Wildman–Crippen MR) is 73.4 cm³/mol. The van der Waals surface area contributed by atoms with E-state index in [1.54, 1.807) is 24.3 Å². The van der Waals surface area contributed by atoms with Crippen molar-refractivity contribution in [2.45, 2.75) is 6.54 Å². The number of amides is 1. The van der Waals surface area contributed by atoms with Crippen LogP contribution in [0.2, 0.25) is 5.02 Å². The summed E-state index contributed by atoms with van der Waals surface area (Å²) in [7, 11) is 0. The van der Waals surface area contributed by atoms with E-state index in [-0.39, 0.29) is 11.6 Å². The highest BCUT2D eigenvalue weighted by atomic mass is 35.5. The minimum absolute atomic E-state index is 0.120. The zero-order valence-electron chi connectivity index (χ0n) is 10.3. The van der Waals surface area contributed by atoms with E-state index in [4.69, 9.17) is 17.3 Å². The first-order chi connectivity index (χ1) is 9.49. The Hall–Kier alpha value is -2.14. The van der Waals surface area contributed by atoms with Gasteiger partial charge in [-0.2, -0.15) is 0 Å². The Kier molecular flexibility index (Phi) is 4.20. The van der Waals surface area contributed by atoms with Gasteiger partial charge in [-0.3, -0.25) is 4.79 Å². The van der Waals surface area contributed by atoms with Crippen LogP contribution >= 0.6 is 11.6 Å². The molecule has 0 bridgehead atoms. The monoisotopic (exact) mass is 296 g/mol. The van der Waals surface area contributed by atoms with Crippen molar-refractivity contribution in [2.75, 3.05) is 5.73 Å². The van der Waals surface area contributed by atoms with E-state index < -0.39 is 23.1 Å². The van der Waals surface area contributed by atoms with Crippen LogP contribution in [0.1, 0.15) is 15.9 Å². The fourth-order valence-corrected chi connectivity index (χ4v) is 1.81. The Morgan fingerprint density at radius 3 is 2.60 bits per heavy atom. The first-order valence-corrected chi connectivity index (χ1v) is 6.13. The first kappa shape index (κ1) is 14.3. The number of anilines is 1. The Balaban J connectivity index is 2.13. The number of carbonyl (C=O) groups excluding carboxylic acids is 1. The number of hydrogen-bond acceptors (Lipinski definition) is 2. The number of para-hydroxylation sites is 1. The molecule has 0 unspecified atom stereocenters. The van der Waals surface area contributed by atoms with Gasteiger partial charge in [-0.05, 0) is 23.8 Å². The second kappa shape index (κ2) is 5.88. The topological polar surface area (TPSA) is 55.1 Å². The second-order valence-corrected chi connectivity index (χ2v) is 4.53. The van der Waals surface area contributed by atoms with Crippen molar-refractivity contribution in [3.8, 4) is 0 Å². The molecule has 1 amide bonds. The SMILES string of the molecule is Nc1ccccc1CNC(=O)c1cc(F)c(Cl)cc1F. The van der Waals surface area contributed by atoms with Gasteiger partial charge in [-0.25, -0.2) is 8.78 Å². The van der Waals surface area contributed by atoms with E-state index >= 15 is 0 Å². The van der Waals surface area contributed by atoms with Crippen molar-refractivity contribution >= 4 is 23.2 Å². The maximum absolute atomic E-state index is 13.5. The molecule has 0 saturated carbocycles. The van der Waals surface area contributed by atoms with Crippen molar-refractivity contribution in [3.05, 3.63) is 64.2 Å². The minimum atomic E-state index is -0.880. The van der Waals surface area contributed by atoms with Gasteiger partial charge in [0.1, 0.15) is 11.6 Å². The van der Waals surface area contributed by atoms with Crippen LogP contribution in [0.5, 0.6) is 0 Å². The zero-order valence-corrected chi connectivity index (χ0v) is 11.0. The Morgan fingerprint density at radius 1 is 1.20 bits per heavy atom. The molecular weight excluding hydrogens is 286 g/mol. The second-order valence-electron chi connectivity index (χ2n) is 4.13. The van der Waals surface area contributed by atoms with Gasteiger partial charge in [0.25, 0.3) is 5.91 Å². The zero-order chi connectivity index (χ0) is 14.7. The van der Waals surface area contributed by atoms with Gasteiger partial charge in [-0.15, -0.1) is 0 Å². The third kappa shape index (κ3) is 3.05. The molecule has 0 aliphatic rings. The summed E-state index contributed by atoms with van der Waals surface area (Å²) in [6, 6.07) is 8.47. The van der Waals surface area contributed by atoms with Crippen LogP contribution in [-0.4, -0.2) is 5.91 Å². The summed E-state index contributed by atoms with van der Waals surface area (Å²) in [5.41, 5.74) is 6.52. The van der Waals surface area contributed by atoms with Crippen LogP contribution < -0.4 is 11.1 Å². The summed E-state index contributed by atoms with van der Waals surface area (Å²) >= 11 is 5.42. The summed E-state index contributed by atoms with van der Waals surface area (Å²) < 4.78 is 26.8. The van der Waals surface area contributed by atoms with Crippen molar-refractivity contribution in [1.82, 2.24) is 5.32 Å². The molecule has 2 aromatic carbocycles. The van der Waals surface area contributed by atoms with Gasteiger partial charge in [-0.1, -0.05) is 29.8 Å². The molecule has 0 aliphatic carbocycles. The highest BCUT2D eigenvalue weighted by molar-refractivity contribution is 6.30. The normalized spacial score (nSPS) is 10.3. The van der Waals surface area contributed by atoms with Crippen molar-refractivity contribution in [2.24, 2.45) is 0 Å². The molecule has 104 valence electrons. The quantitative estimate of drug-likeness (QED) is 0.675. The Bertz CT molecular complexity index is 662. The number of benzene rings is 2. The molecule has 0 fully saturated rings. The lowest BCUT2D eigenvalue weighted by atomic mass is 10.1. The van der Waals surface area contributed by atoms with E-state index in [0.29, 0.717) is 11.3 Å². The standard InChI is InChI=1S/C14H11ClF2N2O/c15-10-6-11(16)9(5-12(10)17)14(20)19-7-8-3-1-2-4-13(8)18/h1-6H,7,18H2,(H,19,20). The molecule has 3 nitrogen and oxygen atoms in total. The maximum Gasteiger partial charge on any atom is 0.254 e. The molecule has 0 radical (unpaired) electrons. The molecular formula is C14H11ClF2N2O. The van der Waals surface area contributed by atoms with E-state index in [1.807, 2.05) is 0 Å². The number of nitrogen functional groups attached to an aromatic ring is 1. The van der Waals surface area contributed by atoms with Crippen molar-refractivity contribution in [1.29, 1.82) is 0 Å². The van der Waals surface area contributed by atoms with E-state index in [2.05, 4.69) is 5.32 Å². The molecule has 0 aromatic heterocycles. The highest BCUT2D eigenvalue weighted by Gasteiger charge is 2.15. The summed E-state index contributed by atoms with van der Waals surface area (Å²) in [6.07, 6.45) is 0. The van der Waals surface area contributed by atoms with E-state index in [1.165, 1.54) is 0 Å². The lowest BCUT2D eigenvalue weighted by Gasteiger charge is -2.08. The molecule has 3 N–H and O–H groups in total. The molecule has 0 saturated heterocycles. The maximum atomic E-state index is 13.5.